The Hall–Kier alpha value is -1.13. The molecular weight excluding hydrogens is 216 g/mol. The quantitative estimate of drug-likeness (QED) is 0.643. The van der Waals surface area contributed by atoms with Crippen LogP contribution in [-0.4, -0.2) is 29.2 Å². The zero-order chi connectivity index (χ0) is 12.5. The zero-order valence-corrected chi connectivity index (χ0v) is 10.0. The van der Waals surface area contributed by atoms with Gasteiger partial charge < -0.3 is 9.64 Å². The molecule has 0 bridgehead atoms. The third-order valence-electron chi connectivity index (χ3n) is 2.33. The van der Waals surface area contributed by atoms with E-state index in [0.29, 0.717) is 0 Å². The van der Waals surface area contributed by atoms with Gasteiger partial charge in [0, 0.05) is 11.6 Å². The van der Waals surface area contributed by atoms with E-state index in [9.17, 15) is 13.6 Å². The maximum absolute atomic E-state index is 12.4. The Bertz CT molecular complexity index is 316. The summed E-state index contributed by atoms with van der Waals surface area (Å²) in [6, 6.07) is -0.230. The lowest BCUT2D eigenvalue weighted by Gasteiger charge is -2.26. The molecule has 92 valence electrons. The minimum Gasteiger partial charge on any atom is -0.444 e. The van der Waals surface area contributed by atoms with Crippen molar-refractivity contribution in [3.63, 3.8) is 0 Å². The third-order valence-corrected chi connectivity index (χ3v) is 2.33. The summed E-state index contributed by atoms with van der Waals surface area (Å²) in [4.78, 5) is 13.0. The Morgan fingerprint density at radius 1 is 1.44 bits per heavy atom. The van der Waals surface area contributed by atoms with Gasteiger partial charge in [0.1, 0.15) is 5.60 Å². The molecule has 1 atom stereocenters. The van der Waals surface area contributed by atoms with E-state index >= 15 is 0 Å². The Balaban J connectivity index is 2.69. The molecule has 1 heterocycles. The molecule has 5 heteroatoms. The van der Waals surface area contributed by atoms with Crippen molar-refractivity contribution in [1.29, 1.82) is 0 Å². The van der Waals surface area contributed by atoms with E-state index in [-0.39, 0.29) is 24.6 Å². The number of halogens is 2. The molecule has 16 heavy (non-hydrogen) atoms. The molecule has 1 rings (SSSR count). The van der Waals surface area contributed by atoms with Crippen LogP contribution in [0.25, 0.3) is 0 Å². The predicted molar refractivity (Wildman–Crippen MR) is 56.3 cm³/mol. The summed E-state index contributed by atoms with van der Waals surface area (Å²) in [6.45, 7) is 6.95. The molecule has 0 spiro atoms. The first-order valence-corrected chi connectivity index (χ1v) is 5.23. The first-order chi connectivity index (χ1) is 7.20. The van der Waals surface area contributed by atoms with Crippen LogP contribution in [0.5, 0.6) is 0 Å². The van der Waals surface area contributed by atoms with Crippen LogP contribution in [0.1, 0.15) is 34.1 Å². The fraction of sp³-hybridized carbons (Fsp3) is 0.727. The van der Waals surface area contributed by atoms with Gasteiger partial charge in [0.25, 0.3) is 6.08 Å². The fourth-order valence-electron chi connectivity index (χ4n) is 1.59. The van der Waals surface area contributed by atoms with Crippen LogP contribution < -0.4 is 0 Å². The molecule has 1 unspecified atom stereocenters. The molecule has 3 nitrogen and oxygen atoms in total. The number of hydrogen-bond donors (Lipinski definition) is 0. The van der Waals surface area contributed by atoms with Crippen molar-refractivity contribution in [2.24, 2.45) is 0 Å². The van der Waals surface area contributed by atoms with Gasteiger partial charge >= 0.3 is 6.09 Å². The van der Waals surface area contributed by atoms with E-state index < -0.39 is 17.8 Å². The summed E-state index contributed by atoms with van der Waals surface area (Å²) in [5.74, 6) is 0. The lowest BCUT2D eigenvalue weighted by Crippen LogP contribution is -2.38. The van der Waals surface area contributed by atoms with Crippen molar-refractivity contribution >= 4 is 6.09 Å². The van der Waals surface area contributed by atoms with Crippen molar-refractivity contribution in [1.82, 2.24) is 4.90 Å². The van der Waals surface area contributed by atoms with Gasteiger partial charge in [-0.15, -0.1) is 0 Å². The lowest BCUT2D eigenvalue weighted by atomic mass is 10.2. The smallest absolute Gasteiger partial charge is 0.410 e. The molecule has 1 fully saturated rings. The number of amides is 1. The zero-order valence-electron chi connectivity index (χ0n) is 10.0. The van der Waals surface area contributed by atoms with Gasteiger partial charge in [-0.1, -0.05) is 0 Å². The molecule has 1 amide bonds. The van der Waals surface area contributed by atoms with Crippen LogP contribution in [0.3, 0.4) is 0 Å². The van der Waals surface area contributed by atoms with E-state index in [4.69, 9.17) is 4.74 Å². The molecular formula is C11H17F2NO2. The molecule has 1 aliphatic heterocycles. The molecule has 0 saturated carbocycles. The highest BCUT2D eigenvalue weighted by Gasteiger charge is 2.33. The topological polar surface area (TPSA) is 29.5 Å². The minimum absolute atomic E-state index is 0.0263. The highest BCUT2D eigenvalue weighted by molar-refractivity contribution is 5.69. The molecule has 1 aliphatic rings. The second kappa shape index (κ2) is 4.39. The highest BCUT2D eigenvalue weighted by atomic mass is 19.3. The second-order valence-electron chi connectivity index (χ2n) is 5.03. The average molecular weight is 233 g/mol. The molecule has 1 saturated heterocycles. The summed E-state index contributed by atoms with van der Waals surface area (Å²) >= 11 is 0. The number of ether oxygens (including phenoxy) is 1. The number of carbonyl (C=O) groups excluding carboxylic acids is 1. The SMILES string of the molecule is CC1CC(=C(F)F)CN1C(=O)OC(C)(C)C. The molecule has 0 radical (unpaired) electrons. The standard InChI is InChI=1S/C11H17F2NO2/c1-7-5-8(9(12)13)6-14(7)10(15)16-11(2,3)4/h7H,5-6H2,1-4H3. The molecule has 0 aromatic carbocycles. The van der Waals surface area contributed by atoms with Crippen LogP contribution in [0.4, 0.5) is 13.6 Å². The number of rotatable bonds is 0. The van der Waals surface area contributed by atoms with Crippen molar-refractivity contribution in [3.8, 4) is 0 Å². The number of hydrogen-bond acceptors (Lipinski definition) is 2. The van der Waals surface area contributed by atoms with Gasteiger partial charge in [0.2, 0.25) is 0 Å². The maximum atomic E-state index is 12.4. The van der Waals surface area contributed by atoms with Crippen LogP contribution in [0.15, 0.2) is 11.7 Å². The Morgan fingerprint density at radius 2 is 2.00 bits per heavy atom. The summed E-state index contributed by atoms with van der Waals surface area (Å²) in [7, 11) is 0. The van der Waals surface area contributed by atoms with Gasteiger partial charge in [-0.2, -0.15) is 8.78 Å². The molecule has 0 aromatic heterocycles. The number of likely N-dealkylation sites (tertiary alicyclic amines) is 1. The van der Waals surface area contributed by atoms with Crippen molar-refractivity contribution in [3.05, 3.63) is 11.7 Å². The van der Waals surface area contributed by atoms with E-state index in [0.717, 1.165) is 0 Å². The number of nitrogens with zero attached hydrogens (tertiary/aromatic N) is 1. The highest BCUT2D eigenvalue weighted by Crippen LogP contribution is 2.27. The van der Waals surface area contributed by atoms with Crippen LogP contribution in [0.2, 0.25) is 0 Å². The Labute approximate surface area is 94.1 Å². The van der Waals surface area contributed by atoms with E-state index in [1.54, 1.807) is 27.7 Å². The van der Waals surface area contributed by atoms with Gasteiger partial charge in [-0.3, -0.25) is 0 Å². The largest absolute Gasteiger partial charge is 0.444 e. The molecule has 0 aromatic rings. The van der Waals surface area contributed by atoms with Crippen molar-refractivity contribution in [2.75, 3.05) is 6.54 Å². The predicted octanol–water partition coefficient (Wildman–Crippen LogP) is 3.17. The van der Waals surface area contributed by atoms with E-state index in [1.165, 1.54) is 4.90 Å². The van der Waals surface area contributed by atoms with Gasteiger partial charge in [-0.25, -0.2) is 4.79 Å². The monoisotopic (exact) mass is 233 g/mol. The third kappa shape index (κ3) is 3.18. The first-order valence-electron chi connectivity index (χ1n) is 5.23. The normalized spacial score (nSPS) is 21.2. The summed E-state index contributed by atoms with van der Waals surface area (Å²) in [5, 5.41) is 0. The summed E-state index contributed by atoms with van der Waals surface area (Å²) in [5.41, 5.74) is -0.573. The van der Waals surface area contributed by atoms with E-state index in [1.807, 2.05) is 0 Å². The van der Waals surface area contributed by atoms with E-state index in [2.05, 4.69) is 0 Å². The van der Waals surface area contributed by atoms with Gasteiger partial charge in [-0.05, 0) is 34.1 Å². The van der Waals surface area contributed by atoms with Gasteiger partial charge in [0.05, 0.1) is 6.54 Å². The lowest BCUT2D eigenvalue weighted by molar-refractivity contribution is 0.0242. The van der Waals surface area contributed by atoms with Crippen LogP contribution >= 0.6 is 0 Å². The maximum Gasteiger partial charge on any atom is 0.410 e. The van der Waals surface area contributed by atoms with Gasteiger partial charge in [0.15, 0.2) is 0 Å². The van der Waals surface area contributed by atoms with Crippen LogP contribution in [0, 0.1) is 0 Å². The number of carbonyl (C=O) groups is 1. The molecule has 0 N–H and O–H groups in total. The summed E-state index contributed by atoms with van der Waals surface area (Å²) in [6.07, 6.45) is -1.99. The second-order valence-corrected chi connectivity index (χ2v) is 5.03. The van der Waals surface area contributed by atoms with Crippen LogP contribution in [-0.2, 0) is 4.74 Å². The average Bonchev–Trinajstić information content (AvgIpc) is 2.44. The minimum atomic E-state index is -1.68. The summed E-state index contributed by atoms with van der Waals surface area (Å²) < 4.78 is 29.9. The first kappa shape index (κ1) is 12.9. The Morgan fingerprint density at radius 3 is 2.38 bits per heavy atom. The van der Waals surface area contributed by atoms with Crippen molar-refractivity contribution in [2.45, 2.75) is 45.8 Å². The van der Waals surface area contributed by atoms with Crippen molar-refractivity contribution < 1.29 is 18.3 Å². The molecule has 0 aliphatic carbocycles. The fourth-order valence-corrected chi connectivity index (χ4v) is 1.59. The Kier molecular flexibility index (Phi) is 3.55.